The maximum Gasteiger partial charge on any atom is 0.195 e. The lowest BCUT2D eigenvalue weighted by Gasteiger charge is -2.33. The van der Waals surface area contributed by atoms with Gasteiger partial charge in [-0.1, -0.05) is 23.7 Å². The van der Waals surface area contributed by atoms with E-state index < -0.39 is 0 Å². The van der Waals surface area contributed by atoms with Crippen molar-refractivity contribution in [2.75, 3.05) is 26.4 Å². The number of hydrogen-bond acceptors (Lipinski definition) is 7. The number of anilines is 1. The van der Waals surface area contributed by atoms with E-state index >= 15 is 0 Å². The molecule has 3 heterocycles. The Balaban J connectivity index is 1.66. The molecule has 1 aliphatic rings. The largest absolute Gasteiger partial charge is 0.495 e. The molecule has 2 aromatic heterocycles. The molecule has 0 fully saturated rings. The lowest BCUT2D eigenvalue weighted by molar-refractivity contribution is 0.253. The number of methoxy groups -OCH3 is 1. The molecule has 1 atom stereocenters. The first kappa shape index (κ1) is 18.8. The lowest BCUT2D eigenvalue weighted by Crippen LogP contribution is -2.34. The van der Waals surface area contributed by atoms with Gasteiger partial charge in [0.25, 0.3) is 0 Å². The summed E-state index contributed by atoms with van der Waals surface area (Å²) in [5.41, 5.74) is 10.8. The fourth-order valence-electron chi connectivity index (χ4n) is 4.02. The number of likely N-dealkylation sites (N-methyl/N-ethyl adjacent to an activating group) is 1. The predicted octanol–water partition coefficient (Wildman–Crippen LogP) is 3.03. The first-order chi connectivity index (χ1) is 14.6. The maximum atomic E-state index is 6.39. The summed E-state index contributed by atoms with van der Waals surface area (Å²) in [5.74, 6) is 1.73. The molecule has 0 bridgehead atoms. The van der Waals surface area contributed by atoms with Crippen LogP contribution in [0.1, 0.15) is 23.0 Å². The molecule has 0 amide bonds. The fourth-order valence-corrected chi connectivity index (χ4v) is 4.19. The van der Waals surface area contributed by atoms with E-state index in [0.717, 1.165) is 35.1 Å². The van der Waals surface area contributed by atoms with Crippen molar-refractivity contribution in [2.45, 2.75) is 12.5 Å². The van der Waals surface area contributed by atoms with Gasteiger partial charge in [-0.15, -0.1) is 10.2 Å². The first-order valence-corrected chi connectivity index (χ1v) is 9.93. The molecule has 5 rings (SSSR count). The highest BCUT2D eigenvalue weighted by Crippen LogP contribution is 2.37. The smallest absolute Gasteiger partial charge is 0.195 e. The Hall–Kier alpha value is -3.23. The summed E-state index contributed by atoms with van der Waals surface area (Å²) in [7, 11) is 3.66. The van der Waals surface area contributed by atoms with E-state index in [1.807, 2.05) is 48.0 Å². The molecule has 0 spiro atoms. The third-order valence-corrected chi connectivity index (χ3v) is 5.78. The number of rotatable bonds is 3. The van der Waals surface area contributed by atoms with Crippen molar-refractivity contribution >= 4 is 28.3 Å². The van der Waals surface area contributed by atoms with Crippen molar-refractivity contribution < 1.29 is 4.74 Å². The average molecular weight is 422 g/mol. The maximum absolute atomic E-state index is 6.39. The van der Waals surface area contributed by atoms with Crippen molar-refractivity contribution in [1.29, 1.82) is 0 Å². The Labute approximate surface area is 178 Å². The van der Waals surface area contributed by atoms with Crippen molar-refractivity contribution in [1.82, 2.24) is 29.6 Å². The molecule has 152 valence electrons. The monoisotopic (exact) mass is 421 g/mol. The molecule has 9 heteroatoms. The van der Waals surface area contributed by atoms with Crippen molar-refractivity contribution in [3.8, 4) is 11.6 Å². The van der Waals surface area contributed by atoms with Crippen LogP contribution in [0.3, 0.4) is 0 Å². The number of nitrogens with two attached hydrogens (primary N) is 1. The van der Waals surface area contributed by atoms with Gasteiger partial charge in [0, 0.05) is 6.54 Å². The van der Waals surface area contributed by atoms with Crippen LogP contribution in [-0.2, 0) is 6.42 Å². The Morgan fingerprint density at radius 2 is 2.03 bits per heavy atom. The van der Waals surface area contributed by atoms with E-state index in [1.54, 1.807) is 13.4 Å². The van der Waals surface area contributed by atoms with Crippen LogP contribution in [0, 0.1) is 0 Å². The zero-order valence-electron chi connectivity index (χ0n) is 16.6. The van der Waals surface area contributed by atoms with E-state index in [0.29, 0.717) is 23.1 Å². The van der Waals surface area contributed by atoms with Gasteiger partial charge in [0.15, 0.2) is 16.8 Å². The molecule has 30 heavy (non-hydrogen) atoms. The fraction of sp³-hybridized carbons (Fsp3) is 0.238. The molecule has 8 nitrogen and oxygen atoms in total. The molecule has 0 saturated heterocycles. The van der Waals surface area contributed by atoms with Crippen LogP contribution in [-0.4, -0.2) is 50.3 Å². The van der Waals surface area contributed by atoms with Crippen molar-refractivity contribution in [3.63, 3.8) is 0 Å². The summed E-state index contributed by atoms with van der Waals surface area (Å²) >= 11 is 6.39. The molecule has 0 aliphatic carbocycles. The van der Waals surface area contributed by atoms with Crippen LogP contribution in [0.15, 0.2) is 42.7 Å². The molecule has 0 radical (unpaired) electrons. The second-order valence-corrected chi connectivity index (χ2v) is 7.67. The highest BCUT2D eigenvalue weighted by atomic mass is 35.5. The second kappa shape index (κ2) is 7.23. The van der Waals surface area contributed by atoms with Crippen molar-refractivity contribution in [3.05, 3.63) is 64.8 Å². The topological polar surface area (TPSA) is 95.0 Å². The molecule has 1 aliphatic heterocycles. The number of benzene rings is 2. The van der Waals surface area contributed by atoms with E-state index in [2.05, 4.69) is 20.1 Å². The standard InChI is InChI=1S/C21H20ClN7O/c1-28-8-7-12-9-17(30-2)14(23)10-13(12)18(28)20-25-21(19(22)26-27-20)29-11-24-15-5-3-4-6-16(15)29/h3-6,9-11,18H,7-8,23H2,1-2H3. The van der Waals surface area contributed by atoms with E-state index in [9.17, 15) is 0 Å². The molecule has 1 unspecified atom stereocenters. The van der Waals surface area contributed by atoms with Gasteiger partial charge in [0.05, 0.1) is 29.9 Å². The van der Waals surface area contributed by atoms with Gasteiger partial charge in [-0.25, -0.2) is 9.97 Å². The Morgan fingerprint density at radius 1 is 1.20 bits per heavy atom. The summed E-state index contributed by atoms with van der Waals surface area (Å²) in [5, 5.41) is 8.75. The summed E-state index contributed by atoms with van der Waals surface area (Å²) in [4.78, 5) is 11.4. The number of aromatic nitrogens is 5. The second-order valence-electron chi connectivity index (χ2n) is 7.31. The minimum Gasteiger partial charge on any atom is -0.495 e. The minimum atomic E-state index is -0.194. The van der Waals surface area contributed by atoms with Gasteiger partial charge in [0.1, 0.15) is 12.1 Å². The normalized spacial score (nSPS) is 16.6. The zero-order valence-corrected chi connectivity index (χ0v) is 17.3. The van der Waals surface area contributed by atoms with Gasteiger partial charge in [-0.05, 0) is 48.9 Å². The van der Waals surface area contributed by atoms with E-state index in [1.165, 1.54) is 0 Å². The van der Waals surface area contributed by atoms with Gasteiger partial charge in [-0.3, -0.25) is 9.47 Å². The number of imidazole rings is 1. The number of hydrogen-bond donors (Lipinski definition) is 1. The van der Waals surface area contributed by atoms with Crippen LogP contribution < -0.4 is 10.5 Å². The van der Waals surface area contributed by atoms with Crippen LogP contribution in [0.25, 0.3) is 16.9 Å². The summed E-state index contributed by atoms with van der Waals surface area (Å²) in [6, 6.07) is 11.5. The summed E-state index contributed by atoms with van der Waals surface area (Å²) < 4.78 is 7.23. The summed E-state index contributed by atoms with van der Waals surface area (Å²) in [6.45, 7) is 0.847. The quantitative estimate of drug-likeness (QED) is 0.508. The highest BCUT2D eigenvalue weighted by molar-refractivity contribution is 6.30. The SMILES string of the molecule is COc1cc2c(cc1N)C(c1nnc(Cl)c(-n3cnc4ccccc43)n1)N(C)CC2. The third-order valence-electron chi connectivity index (χ3n) is 5.53. The third kappa shape index (κ3) is 2.96. The highest BCUT2D eigenvalue weighted by Gasteiger charge is 2.31. The minimum absolute atomic E-state index is 0.194. The van der Waals surface area contributed by atoms with Gasteiger partial charge < -0.3 is 10.5 Å². The van der Waals surface area contributed by atoms with Gasteiger partial charge in [0.2, 0.25) is 0 Å². The Kier molecular flexibility index (Phi) is 4.52. The van der Waals surface area contributed by atoms with Crippen LogP contribution in [0.4, 0.5) is 5.69 Å². The lowest BCUT2D eigenvalue weighted by atomic mass is 9.91. The average Bonchev–Trinajstić information content (AvgIpc) is 3.18. The number of fused-ring (bicyclic) bond motifs is 2. The molecular formula is C21H20ClN7O. The number of halogens is 1. The number of para-hydroxylation sites is 2. The Bertz CT molecular complexity index is 1260. The first-order valence-electron chi connectivity index (χ1n) is 9.56. The van der Waals surface area contributed by atoms with Crippen LogP contribution in [0.2, 0.25) is 5.15 Å². The van der Waals surface area contributed by atoms with Crippen LogP contribution >= 0.6 is 11.6 Å². The van der Waals surface area contributed by atoms with E-state index in [-0.39, 0.29) is 11.2 Å². The van der Waals surface area contributed by atoms with Gasteiger partial charge >= 0.3 is 0 Å². The van der Waals surface area contributed by atoms with Gasteiger partial charge in [-0.2, -0.15) is 0 Å². The molecule has 4 aromatic rings. The molecule has 0 saturated carbocycles. The number of ether oxygens (including phenoxy) is 1. The zero-order chi connectivity index (χ0) is 20.8. The predicted molar refractivity (Wildman–Crippen MR) is 115 cm³/mol. The number of nitrogens with zero attached hydrogens (tertiary/aromatic N) is 6. The van der Waals surface area contributed by atoms with Crippen LogP contribution in [0.5, 0.6) is 5.75 Å². The molecule has 2 aromatic carbocycles. The van der Waals surface area contributed by atoms with E-state index in [4.69, 9.17) is 27.1 Å². The molecule has 2 N–H and O–H groups in total. The Morgan fingerprint density at radius 3 is 2.87 bits per heavy atom. The molecular weight excluding hydrogens is 402 g/mol. The summed E-state index contributed by atoms with van der Waals surface area (Å²) in [6.07, 6.45) is 2.59. The van der Waals surface area contributed by atoms with Crippen molar-refractivity contribution in [2.24, 2.45) is 0 Å². The number of nitrogen functional groups attached to an aromatic ring is 1.